The lowest BCUT2D eigenvalue weighted by molar-refractivity contribution is 0.101. The number of nitrogens with zero attached hydrogens (tertiary/aromatic N) is 3. The minimum atomic E-state index is -0.773. The highest BCUT2D eigenvalue weighted by atomic mass is 35.5. The minimum absolute atomic E-state index is 0.0441. The van der Waals surface area contributed by atoms with Crippen molar-refractivity contribution >= 4 is 34.0 Å². The van der Waals surface area contributed by atoms with Crippen LogP contribution in [0.25, 0.3) is 22.0 Å². The number of halogens is 2. The fourth-order valence-corrected chi connectivity index (χ4v) is 5.82. The molecule has 1 aromatic heterocycles. The number of carbonyl (C=O) groups is 1. The first kappa shape index (κ1) is 25.9. The number of hydrogen-bond acceptors (Lipinski definition) is 6. The molecule has 2 aromatic carbocycles. The first-order valence-corrected chi connectivity index (χ1v) is 13.5. The Morgan fingerprint density at radius 3 is 2.51 bits per heavy atom. The van der Waals surface area contributed by atoms with Crippen LogP contribution in [0.3, 0.4) is 0 Å². The van der Waals surface area contributed by atoms with E-state index in [2.05, 4.69) is 27.1 Å². The zero-order valence-electron chi connectivity index (χ0n) is 21.4. The molecule has 0 amide bonds. The number of ketones is 1. The van der Waals surface area contributed by atoms with E-state index in [-0.39, 0.29) is 16.8 Å². The molecule has 0 spiro atoms. The summed E-state index contributed by atoms with van der Waals surface area (Å²) in [7, 11) is 2.19. The van der Waals surface area contributed by atoms with Crippen molar-refractivity contribution in [2.75, 3.05) is 45.1 Å². The number of pyridine rings is 1. The molecule has 0 atom stereocenters. The molecule has 1 aliphatic carbocycles. The Morgan fingerprint density at radius 1 is 1.11 bits per heavy atom. The van der Waals surface area contributed by atoms with E-state index in [1.807, 2.05) is 18.2 Å². The number of hydrogen-bond donors (Lipinski definition) is 2. The van der Waals surface area contributed by atoms with Gasteiger partial charge in [-0.3, -0.25) is 9.78 Å². The molecule has 1 saturated heterocycles. The molecular formula is C29H34ClFN4O2. The van der Waals surface area contributed by atoms with Crippen molar-refractivity contribution in [3.63, 3.8) is 0 Å². The Kier molecular flexibility index (Phi) is 7.65. The quantitative estimate of drug-likeness (QED) is 0.396. The number of benzene rings is 2. The zero-order chi connectivity index (χ0) is 26.1. The lowest BCUT2D eigenvalue weighted by Crippen LogP contribution is -2.46. The molecule has 8 heteroatoms. The highest BCUT2D eigenvalue weighted by Gasteiger charge is 2.26. The van der Waals surface area contributed by atoms with Gasteiger partial charge in [0.25, 0.3) is 0 Å². The van der Waals surface area contributed by atoms with E-state index < -0.39 is 11.6 Å². The van der Waals surface area contributed by atoms with Crippen molar-refractivity contribution < 1.29 is 14.3 Å². The number of fused-ring (bicyclic) bond motifs is 1. The number of likely N-dealkylation sites (N-methyl/N-ethyl adjacent to an activating group) is 1. The second-order valence-corrected chi connectivity index (χ2v) is 11.0. The van der Waals surface area contributed by atoms with Gasteiger partial charge in [-0.1, -0.05) is 17.7 Å². The molecule has 6 nitrogen and oxygen atoms in total. The fourth-order valence-electron chi connectivity index (χ4n) is 5.62. The van der Waals surface area contributed by atoms with E-state index in [1.54, 1.807) is 13.1 Å². The number of phenols is 1. The maximum Gasteiger partial charge on any atom is 0.170 e. The first-order valence-electron chi connectivity index (χ1n) is 13.1. The molecule has 196 valence electrons. The van der Waals surface area contributed by atoms with Gasteiger partial charge >= 0.3 is 0 Å². The van der Waals surface area contributed by atoms with E-state index >= 15 is 0 Å². The van der Waals surface area contributed by atoms with Gasteiger partial charge in [0.15, 0.2) is 17.3 Å². The number of aromatic hydroxyl groups is 1. The molecule has 2 fully saturated rings. The number of piperazine rings is 1. The number of anilines is 1. The highest BCUT2D eigenvalue weighted by Crippen LogP contribution is 2.37. The van der Waals surface area contributed by atoms with Gasteiger partial charge in [0.2, 0.25) is 0 Å². The Balaban J connectivity index is 1.37. The van der Waals surface area contributed by atoms with Crippen molar-refractivity contribution in [1.82, 2.24) is 14.8 Å². The van der Waals surface area contributed by atoms with Crippen LogP contribution in [0.1, 0.15) is 43.0 Å². The molecule has 1 aliphatic heterocycles. The second-order valence-electron chi connectivity index (χ2n) is 10.6. The molecule has 37 heavy (non-hydrogen) atoms. The fraction of sp³-hybridized carbons (Fsp3) is 0.448. The molecule has 2 N–H and O–H groups in total. The lowest BCUT2D eigenvalue weighted by atomic mass is 9.85. The summed E-state index contributed by atoms with van der Waals surface area (Å²) in [5.41, 5.74) is 3.37. The van der Waals surface area contributed by atoms with Crippen LogP contribution in [0.15, 0.2) is 36.5 Å². The van der Waals surface area contributed by atoms with E-state index in [0.29, 0.717) is 17.0 Å². The molecule has 2 heterocycles. The molecule has 0 unspecified atom stereocenters. The summed E-state index contributed by atoms with van der Waals surface area (Å²) >= 11 is 6.03. The molecule has 0 radical (unpaired) electrons. The normalized spacial score (nSPS) is 21.3. The summed E-state index contributed by atoms with van der Waals surface area (Å²) in [6, 6.07) is 8.70. The van der Waals surface area contributed by atoms with Crippen molar-refractivity contribution in [1.29, 1.82) is 0 Å². The predicted molar refractivity (Wildman–Crippen MR) is 147 cm³/mol. The van der Waals surface area contributed by atoms with Crippen LogP contribution < -0.4 is 5.32 Å². The third-order valence-electron chi connectivity index (χ3n) is 7.90. The van der Waals surface area contributed by atoms with E-state index in [4.69, 9.17) is 11.6 Å². The molecule has 3 aromatic rings. The maximum atomic E-state index is 14.2. The van der Waals surface area contributed by atoms with Crippen LogP contribution in [-0.2, 0) is 0 Å². The molecule has 5 rings (SSSR count). The average Bonchev–Trinajstić information content (AvgIpc) is 2.89. The van der Waals surface area contributed by atoms with Gasteiger partial charge in [0.1, 0.15) is 0 Å². The highest BCUT2D eigenvalue weighted by molar-refractivity contribution is 6.32. The van der Waals surface area contributed by atoms with E-state index in [9.17, 15) is 14.3 Å². The van der Waals surface area contributed by atoms with Gasteiger partial charge in [-0.15, -0.1) is 0 Å². The average molecular weight is 525 g/mol. The lowest BCUT2D eigenvalue weighted by Gasteiger charge is -2.37. The van der Waals surface area contributed by atoms with Gasteiger partial charge in [0.05, 0.1) is 21.8 Å². The summed E-state index contributed by atoms with van der Waals surface area (Å²) in [5.74, 6) is -0.671. The van der Waals surface area contributed by atoms with E-state index in [1.165, 1.54) is 31.5 Å². The Hall–Kier alpha value is -2.74. The largest absolute Gasteiger partial charge is 0.504 e. The van der Waals surface area contributed by atoms with Crippen molar-refractivity contribution in [3.05, 3.63) is 52.9 Å². The van der Waals surface area contributed by atoms with Crippen LogP contribution in [0.5, 0.6) is 5.75 Å². The van der Waals surface area contributed by atoms with Crippen LogP contribution in [0.4, 0.5) is 10.1 Å². The summed E-state index contributed by atoms with van der Waals surface area (Å²) in [6.45, 7) is 7.32. The number of carbonyl (C=O) groups excluding carboxylic acids is 1. The number of nitrogens with one attached hydrogen (secondary N) is 1. The van der Waals surface area contributed by atoms with Gasteiger partial charge in [-0.2, -0.15) is 0 Å². The van der Waals surface area contributed by atoms with E-state index in [0.717, 1.165) is 61.2 Å². The predicted octanol–water partition coefficient (Wildman–Crippen LogP) is 5.82. The molecule has 0 bridgehead atoms. The number of rotatable bonds is 6. The summed E-state index contributed by atoms with van der Waals surface area (Å²) in [4.78, 5) is 22.0. The SMILES string of the molecule is CC(=O)c1cnc2ccc(-c3cc(F)c(O)c(Cl)c3)cc2c1NC1CCC(CN2CCN(C)CC2)CC1. The van der Waals surface area contributed by atoms with Gasteiger partial charge < -0.3 is 20.2 Å². The van der Waals surface area contributed by atoms with Crippen LogP contribution >= 0.6 is 11.6 Å². The maximum absolute atomic E-state index is 14.2. The Labute approximate surface area is 222 Å². The Morgan fingerprint density at radius 2 is 1.84 bits per heavy atom. The molecular weight excluding hydrogens is 491 g/mol. The summed E-state index contributed by atoms with van der Waals surface area (Å²) < 4.78 is 14.2. The topological polar surface area (TPSA) is 68.7 Å². The first-order chi connectivity index (χ1) is 17.8. The van der Waals surface area contributed by atoms with Gasteiger partial charge in [-0.05, 0) is 81.0 Å². The summed E-state index contributed by atoms with van der Waals surface area (Å²) in [6.07, 6.45) is 6.08. The second kappa shape index (κ2) is 10.9. The van der Waals surface area contributed by atoms with Crippen LogP contribution in [0, 0.1) is 11.7 Å². The third-order valence-corrected chi connectivity index (χ3v) is 8.19. The van der Waals surface area contributed by atoms with Gasteiger partial charge in [-0.25, -0.2) is 4.39 Å². The zero-order valence-corrected chi connectivity index (χ0v) is 22.2. The summed E-state index contributed by atoms with van der Waals surface area (Å²) in [5, 5.41) is 14.2. The Bertz CT molecular complexity index is 1280. The standard InChI is InChI=1S/C29H34ClFN4O2/c1-18(36)24-16-32-27-8-5-20(21-14-25(30)29(37)26(31)15-21)13-23(27)28(24)33-22-6-3-19(4-7-22)17-35-11-9-34(2)10-12-35/h5,8,13-16,19,22,37H,3-4,6-7,9-12,17H2,1-2H3,(H,32,33). The van der Waals surface area contributed by atoms with Crippen molar-refractivity contribution in [2.45, 2.75) is 38.6 Å². The number of aromatic nitrogens is 1. The van der Waals surface area contributed by atoms with Crippen LogP contribution in [0.2, 0.25) is 5.02 Å². The monoisotopic (exact) mass is 524 g/mol. The number of Topliss-reactive ketones (excluding diaryl/α,β-unsaturated/α-hetero) is 1. The van der Waals surface area contributed by atoms with Crippen molar-refractivity contribution in [2.24, 2.45) is 5.92 Å². The van der Waals surface area contributed by atoms with Crippen molar-refractivity contribution in [3.8, 4) is 16.9 Å². The third kappa shape index (κ3) is 5.74. The smallest absolute Gasteiger partial charge is 0.170 e. The van der Waals surface area contributed by atoms with Gasteiger partial charge in [0, 0.05) is 50.3 Å². The molecule has 1 saturated carbocycles. The molecule has 2 aliphatic rings. The minimum Gasteiger partial charge on any atom is -0.504 e. The van der Waals surface area contributed by atoms with Crippen LogP contribution in [-0.4, -0.2) is 71.5 Å². The number of phenolic OH excluding ortho intramolecular Hbond substituents is 1.